The molecule has 1 aromatic heterocycles. The second-order valence-corrected chi connectivity index (χ2v) is 9.00. The van der Waals surface area contributed by atoms with Gasteiger partial charge in [0, 0.05) is 38.7 Å². The van der Waals surface area contributed by atoms with E-state index in [1.165, 1.54) is 0 Å². The summed E-state index contributed by atoms with van der Waals surface area (Å²) in [6.07, 6.45) is 6.03. The van der Waals surface area contributed by atoms with Gasteiger partial charge in [-0.1, -0.05) is 19.1 Å². The fourth-order valence-corrected chi connectivity index (χ4v) is 4.50. The van der Waals surface area contributed by atoms with E-state index in [9.17, 15) is 14.4 Å². The van der Waals surface area contributed by atoms with Gasteiger partial charge in [-0.25, -0.2) is 9.78 Å². The molecule has 10 heteroatoms. The number of methoxy groups -OCH3 is 1. The maximum atomic E-state index is 13.5. The predicted octanol–water partition coefficient (Wildman–Crippen LogP) is 2.45. The van der Waals surface area contributed by atoms with E-state index in [1.807, 2.05) is 31.2 Å². The van der Waals surface area contributed by atoms with Gasteiger partial charge in [-0.2, -0.15) is 0 Å². The summed E-state index contributed by atoms with van der Waals surface area (Å²) in [4.78, 5) is 47.6. The monoisotopic (exact) mass is 499 g/mol. The van der Waals surface area contributed by atoms with Crippen molar-refractivity contribution >= 4 is 17.9 Å². The molecule has 1 saturated heterocycles. The van der Waals surface area contributed by atoms with Crippen LogP contribution in [0.15, 0.2) is 36.8 Å². The second-order valence-electron chi connectivity index (χ2n) is 9.00. The highest BCUT2D eigenvalue weighted by Crippen LogP contribution is 2.36. The molecule has 0 bridgehead atoms. The van der Waals surface area contributed by atoms with Crippen molar-refractivity contribution < 1.29 is 23.9 Å². The minimum atomic E-state index is -0.750. The number of hydrogen-bond acceptors (Lipinski definition) is 6. The van der Waals surface area contributed by atoms with E-state index >= 15 is 0 Å². The van der Waals surface area contributed by atoms with E-state index in [2.05, 4.69) is 20.6 Å². The number of rotatable bonds is 11. The number of carbonyl (C=O) groups is 3. The van der Waals surface area contributed by atoms with Gasteiger partial charge >= 0.3 is 12.0 Å². The third-order valence-corrected chi connectivity index (χ3v) is 6.84. The summed E-state index contributed by atoms with van der Waals surface area (Å²) >= 11 is 0. The lowest BCUT2D eigenvalue weighted by Gasteiger charge is -2.40. The molecule has 1 fully saturated rings. The maximum absolute atomic E-state index is 13.5. The molecule has 1 unspecified atom stereocenters. The molecule has 0 aliphatic carbocycles. The predicted molar refractivity (Wildman–Crippen MR) is 134 cm³/mol. The highest BCUT2D eigenvalue weighted by molar-refractivity contribution is 5.87. The summed E-state index contributed by atoms with van der Waals surface area (Å²) in [5.74, 6) is 0.363. The van der Waals surface area contributed by atoms with Crippen molar-refractivity contribution in [3.8, 4) is 5.75 Å². The number of carbonyl (C=O) groups excluding carboxylic acids is 3. The van der Waals surface area contributed by atoms with Crippen molar-refractivity contribution in [1.82, 2.24) is 25.5 Å². The number of hydrogen-bond donors (Lipinski definition) is 3. The molecule has 0 spiro atoms. The topological polar surface area (TPSA) is 126 Å². The van der Waals surface area contributed by atoms with E-state index in [0.717, 1.165) is 17.0 Å². The average molecular weight is 500 g/mol. The van der Waals surface area contributed by atoms with Crippen LogP contribution in [0, 0.1) is 5.41 Å². The minimum Gasteiger partial charge on any atom is -0.497 e. The number of nitrogens with one attached hydrogen (secondary N) is 3. The zero-order valence-electron chi connectivity index (χ0n) is 21.3. The molecule has 0 saturated carbocycles. The number of piperidine rings is 1. The zero-order chi connectivity index (χ0) is 26.0. The molecule has 3 rings (SSSR count). The number of nitrogens with zero attached hydrogens (tertiary/aromatic N) is 2. The van der Waals surface area contributed by atoms with Crippen LogP contribution in [0.3, 0.4) is 0 Å². The standard InChI is InChI=1S/C26H37N5O5/c1-4-26(24(33)36-5-2)11-14-31(15-12-26)23(32)22(16-19-6-8-21(35-3)9-7-19)30-25(34)28-13-10-20-17-27-18-29-20/h6-9,17-18,22H,4-5,10-16H2,1-3H3,(H,27,29)(H2,28,30,34). The Morgan fingerprint density at radius 2 is 1.89 bits per heavy atom. The second kappa shape index (κ2) is 12.9. The molecular weight excluding hydrogens is 462 g/mol. The van der Waals surface area contributed by atoms with Gasteiger partial charge in [0.25, 0.3) is 0 Å². The van der Waals surface area contributed by atoms with E-state index in [1.54, 1.807) is 31.5 Å². The van der Waals surface area contributed by atoms with Crippen molar-refractivity contribution in [2.24, 2.45) is 5.41 Å². The van der Waals surface area contributed by atoms with Crippen molar-refractivity contribution in [2.45, 2.75) is 52.0 Å². The van der Waals surface area contributed by atoms with Crippen LogP contribution in [0.25, 0.3) is 0 Å². The molecule has 196 valence electrons. The number of H-pyrrole nitrogens is 1. The van der Waals surface area contributed by atoms with Gasteiger partial charge in [0.05, 0.1) is 31.2 Å². The summed E-state index contributed by atoms with van der Waals surface area (Å²) in [6.45, 7) is 5.39. The molecule has 2 heterocycles. The highest BCUT2D eigenvalue weighted by atomic mass is 16.5. The Bertz CT molecular complexity index is 985. The first-order valence-electron chi connectivity index (χ1n) is 12.5. The Balaban J connectivity index is 1.65. The van der Waals surface area contributed by atoms with Crippen molar-refractivity contribution in [3.63, 3.8) is 0 Å². The number of likely N-dealkylation sites (tertiary alicyclic amines) is 1. The van der Waals surface area contributed by atoms with E-state index in [0.29, 0.717) is 58.3 Å². The molecule has 2 aromatic rings. The summed E-state index contributed by atoms with van der Waals surface area (Å²) < 4.78 is 10.5. The normalized spacial score (nSPS) is 15.6. The van der Waals surface area contributed by atoms with Crippen LogP contribution in [-0.4, -0.2) is 72.2 Å². The molecular formula is C26H37N5O5. The molecule has 1 atom stereocenters. The number of aromatic amines is 1. The van der Waals surface area contributed by atoms with Gasteiger partial charge in [0.15, 0.2) is 0 Å². The lowest BCUT2D eigenvalue weighted by atomic mass is 9.76. The highest BCUT2D eigenvalue weighted by Gasteiger charge is 2.42. The van der Waals surface area contributed by atoms with Gasteiger partial charge < -0.3 is 30.0 Å². The van der Waals surface area contributed by atoms with Gasteiger partial charge in [-0.05, 0) is 43.9 Å². The van der Waals surface area contributed by atoms with Crippen LogP contribution >= 0.6 is 0 Å². The smallest absolute Gasteiger partial charge is 0.315 e. The Morgan fingerprint density at radius 3 is 2.47 bits per heavy atom. The first kappa shape index (κ1) is 27.0. The van der Waals surface area contributed by atoms with Crippen LogP contribution in [0.1, 0.15) is 44.4 Å². The number of aromatic nitrogens is 2. The summed E-state index contributed by atoms with van der Waals surface area (Å²) in [5, 5.41) is 5.67. The number of benzene rings is 1. The number of urea groups is 1. The van der Waals surface area contributed by atoms with Crippen molar-refractivity contribution in [1.29, 1.82) is 0 Å². The first-order chi connectivity index (χ1) is 17.4. The number of ether oxygens (including phenoxy) is 2. The fourth-order valence-electron chi connectivity index (χ4n) is 4.50. The van der Waals surface area contributed by atoms with Crippen LogP contribution in [0.4, 0.5) is 4.79 Å². The fraction of sp³-hybridized carbons (Fsp3) is 0.538. The lowest BCUT2D eigenvalue weighted by molar-refractivity contribution is -0.160. The summed E-state index contributed by atoms with van der Waals surface area (Å²) in [7, 11) is 1.60. The van der Waals surface area contributed by atoms with Crippen molar-refractivity contribution in [3.05, 3.63) is 48.0 Å². The lowest BCUT2D eigenvalue weighted by Crippen LogP contribution is -2.55. The minimum absolute atomic E-state index is 0.165. The quantitative estimate of drug-likeness (QED) is 0.408. The van der Waals surface area contributed by atoms with Crippen LogP contribution in [-0.2, 0) is 27.2 Å². The van der Waals surface area contributed by atoms with Gasteiger partial charge in [-0.3, -0.25) is 9.59 Å². The van der Waals surface area contributed by atoms with Gasteiger partial charge in [0.1, 0.15) is 11.8 Å². The molecule has 1 aliphatic rings. The van der Waals surface area contributed by atoms with E-state index < -0.39 is 17.5 Å². The van der Waals surface area contributed by atoms with Crippen LogP contribution in [0.2, 0.25) is 0 Å². The van der Waals surface area contributed by atoms with E-state index in [-0.39, 0.29) is 11.9 Å². The number of amides is 3. The molecule has 3 N–H and O–H groups in total. The van der Waals surface area contributed by atoms with Gasteiger partial charge in [-0.15, -0.1) is 0 Å². The van der Waals surface area contributed by atoms with Crippen LogP contribution < -0.4 is 15.4 Å². The van der Waals surface area contributed by atoms with Crippen molar-refractivity contribution in [2.75, 3.05) is 33.4 Å². The van der Waals surface area contributed by atoms with Gasteiger partial charge in [0.2, 0.25) is 5.91 Å². The number of esters is 1. The third-order valence-electron chi connectivity index (χ3n) is 6.84. The summed E-state index contributed by atoms with van der Waals surface area (Å²) in [6, 6.07) is 6.27. The molecule has 1 aromatic carbocycles. The molecule has 10 nitrogen and oxygen atoms in total. The third kappa shape index (κ3) is 6.99. The van der Waals surface area contributed by atoms with E-state index in [4.69, 9.17) is 9.47 Å². The Hall–Kier alpha value is -3.56. The van der Waals surface area contributed by atoms with Crippen LogP contribution in [0.5, 0.6) is 5.75 Å². The largest absolute Gasteiger partial charge is 0.497 e. The number of imidazole rings is 1. The molecule has 0 radical (unpaired) electrons. The zero-order valence-corrected chi connectivity index (χ0v) is 21.3. The Labute approximate surface area is 212 Å². The Kier molecular flexibility index (Phi) is 9.72. The summed E-state index contributed by atoms with van der Waals surface area (Å²) in [5.41, 5.74) is 1.18. The average Bonchev–Trinajstić information content (AvgIpc) is 3.42. The molecule has 1 aliphatic heterocycles. The first-order valence-corrected chi connectivity index (χ1v) is 12.5. The Morgan fingerprint density at radius 1 is 1.17 bits per heavy atom. The maximum Gasteiger partial charge on any atom is 0.315 e. The molecule has 3 amide bonds. The SMILES string of the molecule is CCOC(=O)C1(CC)CCN(C(=O)C(Cc2ccc(OC)cc2)NC(=O)NCCc2c[nH]cn2)CC1. The molecule has 36 heavy (non-hydrogen) atoms.